The number of rotatable bonds is 5. The van der Waals surface area contributed by atoms with E-state index in [-0.39, 0.29) is 6.04 Å². The molecule has 14 heavy (non-hydrogen) atoms. The predicted molar refractivity (Wildman–Crippen MR) is 61.1 cm³/mol. The summed E-state index contributed by atoms with van der Waals surface area (Å²) in [5.74, 6) is 0.470. The minimum Gasteiger partial charge on any atom is -0.324 e. The molecule has 78 valence electrons. The molecule has 0 radical (unpaired) electrons. The number of benzene rings is 1. The summed E-state index contributed by atoms with van der Waals surface area (Å²) in [6, 6.07) is 10.4. The van der Waals surface area contributed by atoms with E-state index in [2.05, 4.69) is 31.3 Å². The topological polar surface area (TPSA) is 38.0 Å². The summed E-state index contributed by atoms with van der Waals surface area (Å²) >= 11 is 0. The van der Waals surface area contributed by atoms with E-state index in [1.54, 1.807) is 0 Å². The fourth-order valence-corrected chi connectivity index (χ4v) is 1.50. The zero-order valence-electron chi connectivity index (χ0n) is 9.03. The molecular weight excluding hydrogens is 172 g/mol. The lowest BCUT2D eigenvalue weighted by Crippen LogP contribution is -2.29. The van der Waals surface area contributed by atoms with E-state index in [4.69, 9.17) is 5.73 Å². The van der Waals surface area contributed by atoms with Crippen LogP contribution in [0.3, 0.4) is 0 Å². The van der Waals surface area contributed by atoms with Gasteiger partial charge in [0.15, 0.2) is 0 Å². The average Bonchev–Trinajstić information content (AvgIpc) is 2.26. The molecule has 1 rings (SSSR count). The number of hydrogen-bond acceptors (Lipinski definition) is 2. The Labute approximate surface area is 86.5 Å². The van der Waals surface area contributed by atoms with Crippen molar-refractivity contribution in [2.45, 2.75) is 19.9 Å². The molecule has 0 amide bonds. The molecule has 0 bridgehead atoms. The molecule has 0 saturated carbocycles. The van der Waals surface area contributed by atoms with Crippen molar-refractivity contribution in [1.82, 2.24) is 5.32 Å². The monoisotopic (exact) mass is 192 g/mol. The first kappa shape index (κ1) is 11.2. The van der Waals surface area contributed by atoms with Gasteiger partial charge in [0, 0.05) is 6.04 Å². The Morgan fingerprint density at radius 3 is 2.50 bits per heavy atom. The minimum absolute atomic E-state index is 0.134. The molecule has 0 aromatic heterocycles. The van der Waals surface area contributed by atoms with E-state index in [1.165, 1.54) is 5.56 Å². The Balaban J connectivity index is 2.52. The molecular formula is C12H20N2. The van der Waals surface area contributed by atoms with E-state index in [0.717, 1.165) is 13.1 Å². The van der Waals surface area contributed by atoms with E-state index >= 15 is 0 Å². The second-order valence-electron chi connectivity index (χ2n) is 3.72. The van der Waals surface area contributed by atoms with Gasteiger partial charge in [-0.1, -0.05) is 44.2 Å². The molecule has 3 N–H and O–H groups in total. The Morgan fingerprint density at radius 1 is 1.29 bits per heavy atom. The van der Waals surface area contributed by atoms with Crippen LogP contribution in [0.25, 0.3) is 0 Å². The van der Waals surface area contributed by atoms with Crippen LogP contribution in [0.1, 0.15) is 25.5 Å². The fourth-order valence-electron chi connectivity index (χ4n) is 1.50. The molecule has 0 aliphatic rings. The molecule has 0 heterocycles. The van der Waals surface area contributed by atoms with Gasteiger partial charge in [-0.2, -0.15) is 0 Å². The van der Waals surface area contributed by atoms with Crippen molar-refractivity contribution in [1.29, 1.82) is 0 Å². The van der Waals surface area contributed by atoms with Gasteiger partial charge >= 0.3 is 0 Å². The van der Waals surface area contributed by atoms with Gasteiger partial charge in [0.1, 0.15) is 0 Å². The molecule has 1 aromatic carbocycles. The van der Waals surface area contributed by atoms with E-state index in [9.17, 15) is 0 Å². The largest absolute Gasteiger partial charge is 0.324 e. The fraction of sp³-hybridized carbons (Fsp3) is 0.500. The second-order valence-corrected chi connectivity index (χ2v) is 3.72. The predicted octanol–water partition coefficient (Wildman–Crippen LogP) is 1.93. The molecule has 2 heteroatoms. The van der Waals surface area contributed by atoms with E-state index in [0.29, 0.717) is 5.92 Å². The smallest absolute Gasteiger partial charge is 0.0333 e. The van der Waals surface area contributed by atoms with Crippen LogP contribution in [0.5, 0.6) is 0 Å². The highest BCUT2D eigenvalue weighted by Crippen LogP contribution is 2.17. The summed E-state index contributed by atoms with van der Waals surface area (Å²) in [6.07, 6.45) is 0. The molecule has 0 fully saturated rings. The molecule has 2 unspecified atom stereocenters. The van der Waals surface area contributed by atoms with Crippen molar-refractivity contribution >= 4 is 0 Å². The normalized spacial score (nSPS) is 15.1. The zero-order valence-corrected chi connectivity index (χ0v) is 9.03. The third-order valence-electron chi connectivity index (χ3n) is 2.51. The van der Waals surface area contributed by atoms with Crippen LogP contribution in [0.4, 0.5) is 0 Å². The van der Waals surface area contributed by atoms with Crippen LogP contribution in [-0.2, 0) is 0 Å². The first-order valence-corrected chi connectivity index (χ1v) is 5.27. The van der Waals surface area contributed by atoms with Crippen molar-refractivity contribution in [3.8, 4) is 0 Å². The van der Waals surface area contributed by atoms with Gasteiger partial charge < -0.3 is 11.1 Å². The van der Waals surface area contributed by atoms with Crippen molar-refractivity contribution in [3.63, 3.8) is 0 Å². The van der Waals surface area contributed by atoms with E-state index in [1.807, 2.05) is 18.2 Å². The summed E-state index contributed by atoms with van der Waals surface area (Å²) in [6.45, 7) is 6.28. The zero-order chi connectivity index (χ0) is 10.4. The lowest BCUT2D eigenvalue weighted by molar-refractivity contribution is 0.440. The van der Waals surface area contributed by atoms with Gasteiger partial charge in [-0.3, -0.25) is 0 Å². The summed E-state index contributed by atoms with van der Waals surface area (Å²) < 4.78 is 0. The Hall–Kier alpha value is -0.860. The van der Waals surface area contributed by atoms with Gasteiger partial charge in [-0.15, -0.1) is 0 Å². The summed E-state index contributed by atoms with van der Waals surface area (Å²) in [5, 5.41) is 3.32. The lowest BCUT2D eigenvalue weighted by Gasteiger charge is -2.20. The SMILES string of the molecule is CCNCC(C)C(N)c1ccccc1. The first-order valence-electron chi connectivity index (χ1n) is 5.27. The molecule has 2 nitrogen and oxygen atoms in total. The summed E-state index contributed by atoms with van der Waals surface area (Å²) in [4.78, 5) is 0. The van der Waals surface area contributed by atoms with Crippen LogP contribution >= 0.6 is 0 Å². The van der Waals surface area contributed by atoms with E-state index < -0.39 is 0 Å². The van der Waals surface area contributed by atoms with Gasteiger partial charge in [0.25, 0.3) is 0 Å². The quantitative estimate of drug-likeness (QED) is 0.748. The third-order valence-corrected chi connectivity index (χ3v) is 2.51. The van der Waals surface area contributed by atoms with Crippen LogP contribution in [0.15, 0.2) is 30.3 Å². The van der Waals surface area contributed by atoms with Crippen LogP contribution in [-0.4, -0.2) is 13.1 Å². The highest BCUT2D eigenvalue weighted by Gasteiger charge is 2.13. The first-order chi connectivity index (χ1) is 6.75. The number of nitrogens with one attached hydrogen (secondary N) is 1. The van der Waals surface area contributed by atoms with Crippen molar-refractivity contribution in [2.24, 2.45) is 11.7 Å². The highest BCUT2D eigenvalue weighted by molar-refractivity contribution is 5.18. The molecule has 0 aliphatic heterocycles. The maximum atomic E-state index is 6.14. The van der Waals surface area contributed by atoms with Crippen LogP contribution in [0.2, 0.25) is 0 Å². The van der Waals surface area contributed by atoms with Gasteiger partial charge in [0.05, 0.1) is 0 Å². The van der Waals surface area contributed by atoms with Gasteiger partial charge in [-0.05, 0) is 24.6 Å². The molecule has 1 aromatic rings. The van der Waals surface area contributed by atoms with Crippen molar-refractivity contribution < 1.29 is 0 Å². The van der Waals surface area contributed by atoms with Gasteiger partial charge in [-0.25, -0.2) is 0 Å². The van der Waals surface area contributed by atoms with Crippen LogP contribution in [0, 0.1) is 5.92 Å². The molecule has 0 saturated heterocycles. The second kappa shape index (κ2) is 5.78. The maximum absolute atomic E-state index is 6.14. The minimum atomic E-state index is 0.134. The Kier molecular flexibility index (Phi) is 4.63. The standard InChI is InChI=1S/C12H20N2/c1-3-14-9-10(2)12(13)11-7-5-4-6-8-11/h4-8,10,12,14H,3,9,13H2,1-2H3. The third kappa shape index (κ3) is 3.13. The molecule has 0 aliphatic carbocycles. The van der Waals surface area contributed by atoms with Crippen molar-refractivity contribution in [3.05, 3.63) is 35.9 Å². The van der Waals surface area contributed by atoms with Crippen LogP contribution < -0.4 is 11.1 Å². The van der Waals surface area contributed by atoms with Crippen molar-refractivity contribution in [2.75, 3.05) is 13.1 Å². The maximum Gasteiger partial charge on any atom is 0.0333 e. The van der Waals surface area contributed by atoms with Gasteiger partial charge in [0.2, 0.25) is 0 Å². The Morgan fingerprint density at radius 2 is 1.93 bits per heavy atom. The molecule has 0 spiro atoms. The number of nitrogens with two attached hydrogens (primary N) is 1. The molecule has 2 atom stereocenters. The highest BCUT2D eigenvalue weighted by atomic mass is 14.9. The Bertz CT molecular complexity index is 246. The summed E-state index contributed by atoms with van der Waals surface area (Å²) in [7, 11) is 0. The lowest BCUT2D eigenvalue weighted by atomic mass is 9.95. The average molecular weight is 192 g/mol. The number of hydrogen-bond donors (Lipinski definition) is 2. The summed E-state index contributed by atoms with van der Waals surface area (Å²) in [5.41, 5.74) is 7.36.